The van der Waals surface area contributed by atoms with Crippen molar-refractivity contribution in [3.63, 3.8) is 0 Å². The Morgan fingerprint density at radius 3 is 1.85 bits per heavy atom. The molecule has 0 amide bonds. The van der Waals surface area contributed by atoms with Crippen molar-refractivity contribution in [2.75, 3.05) is 0 Å². The van der Waals surface area contributed by atoms with Crippen molar-refractivity contribution >= 4 is 32.5 Å². The highest BCUT2D eigenvalue weighted by Gasteiger charge is 2.18. The minimum atomic E-state index is -0.266. The highest BCUT2D eigenvalue weighted by atomic mass is 16.4. The number of hydrogen-bond donors (Lipinski definition) is 0. The van der Waals surface area contributed by atoms with Gasteiger partial charge < -0.3 is 4.42 Å². The molecule has 0 bridgehead atoms. The molecule has 4 aromatic rings. The summed E-state index contributed by atoms with van der Waals surface area (Å²) in [5.41, 5.74) is 2.89. The molecular weight excluding hydrogens is 332 g/mol. The fourth-order valence-electron chi connectivity index (χ4n) is 3.69. The van der Waals surface area contributed by atoms with Crippen molar-refractivity contribution in [2.45, 2.75) is 52.4 Å². The van der Waals surface area contributed by atoms with Gasteiger partial charge in [-0.25, -0.2) is 4.79 Å². The minimum absolute atomic E-state index is 0.00839. The lowest BCUT2D eigenvalue weighted by Gasteiger charge is -2.20. The summed E-state index contributed by atoms with van der Waals surface area (Å²) in [6.45, 7) is 13.1. The fraction of sp³-hybridized carbons (Fsp3) is 0.320. The van der Waals surface area contributed by atoms with Crippen LogP contribution in [0.2, 0.25) is 0 Å². The number of benzene rings is 3. The summed E-state index contributed by atoms with van der Waals surface area (Å²) in [4.78, 5) is 12.9. The molecule has 2 nitrogen and oxygen atoms in total. The summed E-state index contributed by atoms with van der Waals surface area (Å²) in [5, 5.41) is 4.64. The molecule has 3 aromatic carbocycles. The van der Waals surface area contributed by atoms with Gasteiger partial charge in [0.15, 0.2) is 0 Å². The van der Waals surface area contributed by atoms with Gasteiger partial charge in [-0.2, -0.15) is 0 Å². The largest absolute Gasteiger partial charge is 0.422 e. The summed E-state index contributed by atoms with van der Waals surface area (Å²) in [7, 11) is 0. The molecule has 0 atom stereocenters. The lowest BCUT2D eigenvalue weighted by atomic mass is 9.85. The van der Waals surface area contributed by atoms with Gasteiger partial charge in [0.05, 0.1) is 5.39 Å². The van der Waals surface area contributed by atoms with Gasteiger partial charge in [-0.15, -0.1) is 0 Å². The third kappa shape index (κ3) is 2.93. The molecule has 0 saturated carbocycles. The molecule has 0 aliphatic heterocycles. The van der Waals surface area contributed by atoms with E-state index >= 15 is 0 Å². The Morgan fingerprint density at radius 1 is 0.667 bits per heavy atom. The molecule has 0 aliphatic carbocycles. The van der Waals surface area contributed by atoms with Crippen LogP contribution in [0.1, 0.15) is 52.7 Å². The normalized spacial score (nSPS) is 13.0. The predicted octanol–water partition coefficient (Wildman–Crippen LogP) is 6.69. The van der Waals surface area contributed by atoms with Gasteiger partial charge in [-0.1, -0.05) is 84.0 Å². The number of hydrogen-bond acceptors (Lipinski definition) is 2. The second-order valence-electron chi connectivity index (χ2n) is 9.52. The van der Waals surface area contributed by atoms with E-state index in [0.29, 0.717) is 11.0 Å². The first-order chi connectivity index (χ1) is 12.6. The summed E-state index contributed by atoms with van der Waals surface area (Å²) < 4.78 is 5.76. The molecule has 0 unspecified atom stereocenters. The summed E-state index contributed by atoms with van der Waals surface area (Å²) in [6.07, 6.45) is 0. The van der Waals surface area contributed by atoms with E-state index in [1.807, 2.05) is 6.07 Å². The maximum absolute atomic E-state index is 12.9. The van der Waals surface area contributed by atoms with E-state index in [4.69, 9.17) is 4.42 Å². The van der Waals surface area contributed by atoms with Crippen LogP contribution in [0.4, 0.5) is 0 Å². The molecule has 0 spiro atoms. The van der Waals surface area contributed by atoms with E-state index in [0.717, 1.165) is 27.1 Å². The van der Waals surface area contributed by atoms with Crippen LogP contribution in [0.3, 0.4) is 0 Å². The maximum Gasteiger partial charge on any atom is 0.344 e. The Balaban J connectivity index is 2.07. The zero-order chi connectivity index (χ0) is 19.6. The quantitative estimate of drug-likeness (QED) is 0.259. The van der Waals surface area contributed by atoms with Crippen LogP contribution in [0.5, 0.6) is 0 Å². The molecule has 4 rings (SSSR count). The minimum Gasteiger partial charge on any atom is -0.422 e. The molecule has 0 radical (unpaired) electrons. The molecular formula is C25H26O2. The molecule has 2 heteroatoms. The van der Waals surface area contributed by atoms with E-state index in [9.17, 15) is 4.79 Å². The standard InChI is InChI=1S/C25H26O2/c1-24(2,3)16-8-11-18-15(13-16)7-10-20-19-12-9-17(25(4,5)6)14-21(19)27-23(26)22(18)20/h7-14H,1-6H3. The van der Waals surface area contributed by atoms with Gasteiger partial charge in [0.1, 0.15) is 5.58 Å². The van der Waals surface area contributed by atoms with Crippen molar-refractivity contribution in [3.8, 4) is 0 Å². The molecule has 27 heavy (non-hydrogen) atoms. The smallest absolute Gasteiger partial charge is 0.344 e. The molecule has 1 heterocycles. The van der Waals surface area contributed by atoms with E-state index in [2.05, 4.69) is 84.0 Å². The molecule has 0 saturated heterocycles. The third-order valence-corrected chi connectivity index (χ3v) is 5.43. The lowest BCUT2D eigenvalue weighted by molar-refractivity contribution is 0.561. The van der Waals surface area contributed by atoms with Crippen LogP contribution < -0.4 is 5.63 Å². The van der Waals surface area contributed by atoms with E-state index in [1.54, 1.807) is 0 Å². The monoisotopic (exact) mass is 358 g/mol. The van der Waals surface area contributed by atoms with Gasteiger partial charge in [0.25, 0.3) is 0 Å². The van der Waals surface area contributed by atoms with Crippen molar-refractivity contribution in [1.29, 1.82) is 0 Å². The highest BCUT2D eigenvalue weighted by molar-refractivity contribution is 6.15. The van der Waals surface area contributed by atoms with Crippen molar-refractivity contribution < 1.29 is 4.42 Å². The van der Waals surface area contributed by atoms with E-state index in [-0.39, 0.29) is 16.5 Å². The van der Waals surface area contributed by atoms with Crippen LogP contribution in [0.15, 0.2) is 57.7 Å². The van der Waals surface area contributed by atoms with Crippen LogP contribution in [0.25, 0.3) is 32.5 Å². The van der Waals surface area contributed by atoms with Crippen molar-refractivity contribution in [1.82, 2.24) is 0 Å². The van der Waals surface area contributed by atoms with Crippen LogP contribution in [-0.2, 0) is 10.8 Å². The molecule has 0 N–H and O–H groups in total. The number of fused-ring (bicyclic) bond motifs is 5. The Hall–Kier alpha value is -2.61. The van der Waals surface area contributed by atoms with E-state index < -0.39 is 0 Å². The number of rotatable bonds is 0. The first-order valence-electron chi connectivity index (χ1n) is 9.50. The van der Waals surface area contributed by atoms with Crippen LogP contribution in [0, 0.1) is 0 Å². The summed E-state index contributed by atoms with van der Waals surface area (Å²) >= 11 is 0. The highest BCUT2D eigenvalue weighted by Crippen LogP contribution is 2.33. The van der Waals surface area contributed by atoms with Gasteiger partial charge in [0, 0.05) is 10.8 Å². The SMILES string of the molecule is CC(C)(C)c1ccc2c(ccc3c4ccc(C(C)(C)C)cc4oc(=O)c23)c1. The Morgan fingerprint density at radius 2 is 1.22 bits per heavy atom. The average molecular weight is 358 g/mol. The van der Waals surface area contributed by atoms with Gasteiger partial charge in [-0.05, 0) is 38.8 Å². The van der Waals surface area contributed by atoms with Crippen molar-refractivity contribution in [3.05, 3.63) is 70.1 Å². The third-order valence-electron chi connectivity index (χ3n) is 5.43. The Labute approximate surface area is 159 Å². The average Bonchev–Trinajstić information content (AvgIpc) is 2.58. The summed E-state index contributed by atoms with van der Waals surface area (Å²) in [6, 6.07) is 16.7. The topological polar surface area (TPSA) is 30.2 Å². The Bertz CT molecular complexity index is 1250. The molecule has 0 aliphatic rings. The Kier molecular flexibility index (Phi) is 3.75. The van der Waals surface area contributed by atoms with Crippen LogP contribution in [-0.4, -0.2) is 0 Å². The van der Waals surface area contributed by atoms with E-state index in [1.165, 1.54) is 5.56 Å². The first kappa shape index (κ1) is 17.8. The molecule has 0 fully saturated rings. The fourth-order valence-corrected chi connectivity index (χ4v) is 3.69. The summed E-state index contributed by atoms with van der Waals surface area (Å²) in [5.74, 6) is 0. The second-order valence-corrected chi connectivity index (χ2v) is 9.52. The zero-order valence-corrected chi connectivity index (χ0v) is 16.9. The van der Waals surface area contributed by atoms with Crippen LogP contribution >= 0.6 is 0 Å². The van der Waals surface area contributed by atoms with Gasteiger partial charge >= 0.3 is 5.63 Å². The van der Waals surface area contributed by atoms with Crippen molar-refractivity contribution in [2.24, 2.45) is 0 Å². The zero-order valence-electron chi connectivity index (χ0n) is 16.9. The molecule has 1 aromatic heterocycles. The second kappa shape index (κ2) is 5.69. The van der Waals surface area contributed by atoms with Gasteiger partial charge in [-0.3, -0.25) is 0 Å². The predicted molar refractivity (Wildman–Crippen MR) is 115 cm³/mol. The lowest BCUT2D eigenvalue weighted by Crippen LogP contribution is -2.11. The first-order valence-corrected chi connectivity index (χ1v) is 9.50. The molecule has 138 valence electrons. The maximum atomic E-state index is 12.9. The van der Waals surface area contributed by atoms with Gasteiger partial charge in [0.2, 0.25) is 0 Å².